The van der Waals surface area contributed by atoms with E-state index < -0.39 is 0 Å². The van der Waals surface area contributed by atoms with Gasteiger partial charge in [-0.1, -0.05) is 91.9 Å². The molecule has 2 heterocycles. The predicted molar refractivity (Wildman–Crippen MR) is 139 cm³/mol. The van der Waals surface area contributed by atoms with Crippen LogP contribution in [0.15, 0.2) is 91.2 Å². The number of aromatic nitrogens is 1. The number of aromatic amines is 1. The van der Waals surface area contributed by atoms with E-state index in [0.717, 1.165) is 35.5 Å². The molecule has 32 heavy (non-hydrogen) atoms. The molecule has 0 aliphatic carbocycles. The van der Waals surface area contributed by atoms with Crippen molar-refractivity contribution in [3.63, 3.8) is 0 Å². The van der Waals surface area contributed by atoms with Crippen LogP contribution in [0, 0.1) is 5.92 Å². The Morgan fingerprint density at radius 3 is 2.31 bits per heavy atom. The lowest BCUT2D eigenvalue weighted by Crippen LogP contribution is -2.32. The van der Waals surface area contributed by atoms with Crippen molar-refractivity contribution in [2.24, 2.45) is 5.92 Å². The number of nitrogens with zero attached hydrogens (tertiary/aromatic N) is 1. The van der Waals surface area contributed by atoms with Crippen LogP contribution in [-0.2, 0) is 6.54 Å². The number of H-pyrrole nitrogens is 1. The molecule has 0 spiro atoms. The summed E-state index contributed by atoms with van der Waals surface area (Å²) in [6.07, 6.45) is 13.8. The number of benzene rings is 2. The van der Waals surface area contributed by atoms with Crippen LogP contribution in [0.25, 0.3) is 23.1 Å². The normalized spacial score (nSPS) is 15.8. The van der Waals surface area contributed by atoms with Gasteiger partial charge in [0, 0.05) is 18.3 Å². The Morgan fingerprint density at radius 2 is 1.59 bits per heavy atom. The van der Waals surface area contributed by atoms with Crippen LogP contribution < -0.4 is 0 Å². The quantitative estimate of drug-likeness (QED) is 0.370. The highest BCUT2D eigenvalue weighted by molar-refractivity contribution is 5.81. The van der Waals surface area contributed by atoms with Crippen LogP contribution in [0.2, 0.25) is 0 Å². The fourth-order valence-electron chi connectivity index (χ4n) is 4.22. The van der Waals surface area contributed by atoms with Gasteiger partial charge in [-0.3, -0.25) is 4.90 Å². The summed E-state index contributed by atoms with van der Waals surface area (Å²) in [5, 5.41) is 1.23. The van der Waals surface area contributed by atoms with Crippen molar-refractivity contribution < 1.29 is 0 Å². The van der Waals surface area contributed by atoms with Gasteiger partial charge in [0.1, 0.15) is 0 Å². The van der Waals surface area contributed by atoms with Gasteiger partial charge in [-0.05, 0) is 72.5 Å². The molecule has 0 atom stereocenters. The molecule has 1 N–H and O–H groups in total. The van der Waals surface area contributed by atoms with E-state index >= 15 is 0 Å². The van der Waals surface area contributed by atoms with Gasteiger partial charge in [0.25, 0.3) is 0 Å². The second-order valence-electron chi connectivity index (χ2n) is 9.18. The number of fused-ring (bicyclic) bond motifs is 1. The van der Waals surface area contributed by atoms with Gasteiger partial charge < -0.3 is 4.98 Å². The molecule has 0 bridgehead atoms. The maximum atomic E-state index is 4.21. The van der Waals surface area contributed by atoms with E-state index in [1.165, 1.54) is 48.0 Å². The van der Waals surface area contributed by atoms with Crippen LogP contribution in [0.5, 0.6) is 0 Å². The number of hydrogen-bond acceptors (Lipinski definition) is 1. The van der Waals surface area contributed by atoms with Gasteiger partial charge in [-0.15, -0.1) is 0 Å². The van der Waals surface area contributed by atoms with Crippen LogP contribution in [0.3, 0.4) is 0 Å². The molecule has 1 saturated heterocycles. The second-order valence-corrected chi connectivity index (χ2v) is 9.18. The molecule has 2 nitrogen and oxygen atoms in total. The summed E-state index contributed by atoms with van der Waals surface area (Å²) in [7, 11) is 0. The molecule has 3 aromatic rings. The molecule has 0 radical (unpaired) electrons. The van der Waals surface area contributed by atoms with Crippen molar-refractivity contribution in [3.05, 3.63) is 108 Å². The third kappa shape index (κ3) is 6.21. The van der Waals surface area contributed by atoms with E-state index in [1.54, 1.807) is 0 Å². The molecule has 164 valence electrons. The highest BCUT2D eigenvalue weighted by atomic mass is 15.1. The molecule has 1 aliphatic heterocycles. The number of rotatable bonds is 8. The van der Waals surface area contributed by atoms with Crippen molar-refractivity contribution in [3.8, 4) is 0 Å². The molecule has 4 rings (SSSR count). The largest absolute Gasteiger partial charge is 0.361 e. The topological polar surface area (TPSA) is 19.0 Å². The fourth-order valence-corrected chi connectivity index (χ4v) is 4.22. The summed E-state index contributed by atoms with van der Waals surface area (Å²) in [4.78, 5) is 5.83. The van der Waals surface area contributed by atoms with E-state index in [-0.39, 0.29) is 0 Å². The summed E-state index contributed by atoms with van der Waals surface area (Å²) < 4.78 is 0. The Hall–Kier alpha value is -3.10. The van der Waals surface area contributed by atoms with E-state index in [4.69, 9.17) is 0 Å². The Bertz CT molecular complexity index is 1120. The lowest BCUT2D eigenvalue weighted by molar-refractivity contribution is 0.185. The Labute approximate surface area is 192 Å². The minimum Gasteiger partial charge on any atom is -0.361 e. The molecular weight excluding hydrogens is 388 g/mol. The van der Waals surface area contributed by atoms with Gasteiger partial charge in [0.2, 0.25) is 0 Å². The first-order valence-corrected chi connectivity index (χ1v) is 11.7. The molecule has 2 heteroatoms. The number of piperidine rings is 1. The smallest absolute Gasteiger partial charge is 0.0459 e. The lowest BCUT2D eigenvalue weighted by Gasteiger charge is -2.30. The SMILES string of the molecule is C=C(/C=C/c1ccc(CN2CCC(C)CC2)cc1)CC(=C)/C=C/c1ccc2cc[nH]c2c1. The Balaban J connectivity index is 1.25. The zero-order valence-corrected chi connectivity index (χ0v) is 19.2. The standard InChI is InChI=1S/C30H34N2/c1-23-15-18-32(19-16-23)22-28-10-8-26(9-11-28)6-4-24(2)20-25(3)5-7-27-12-13-29-14-17-31-30(29)21-27/h4-14,17,21,23,31H,2-3,15-16,18-20,22H2,1H3/b6-4+,7-5+. The molecule has 0 unspecified atom stereocenters. The number of allylic oxidation sites excluding steroid dienone is 4. The number of nitrogens with one attached hydrogen (secondary N) is 1. The molecule has 1 aromatic heterocycles. The summed E-state index contributed by atoms with van der Waals surface area (Å²) in [6, 6.07) is 17.4. The summed E-state index contributed by atoms with van der Waals surface area (Å²) in [5.41, 5.74) is 7.04. The minimum absolute atomic E-state index is 0.767. The number of hydrogen-bond donors (Lipinski definition) is 1. The van der Waals surface area contributed by atoms with Crippen LogP contribution in [0.4, 0.5) is 0 Å². The predicted octanol–water partition coefficient (Wildman–Crippen LogP) is 7.63. The average molecular weight is 423 g/mol. The first-order valence-electron chi connectivity index (χ1n) is 11.7. The monoisotopic (exact) mass is 422 g/mol. The summed E-state index contributed by atoms with van der Waals surface area (Å²) in [5.74, 6) is 0.882. The van der Waals surface area contributed by atoms with Gasteiger partial charge in [0.15, 0.2) is 0 Å². The van der Waals surface area contributed by atoms with Crippen LogP contribution in [0.1, 0.15) is 42.9 Å². The van der Waals surface area contributed by atoms with Crippen molar-refractivity contribution in [2.45, 2.75) is 32.7 Å². The molecule has 0 amide bonds. The Kier molecular flexibility index (Phi) is 7.24. The van der Waals surface area contributed by atoms with Crippen molar-refractivity contribution in [1.82, 2.24) is 9.88 Å². The lowest BCUT2D eigenvalue weighted by atomic mass is 9.99. The van der Waals surface area contributed by atoms with Crippen molar-refractivity contribution in [1.29, 1.82) is 0 Å². The zero-order chi connectivity index (χ0) is 22.3. The average Bonchev–Trinajstić information content (AvgIpc) is 3.27. The number of likely N-dealkylation sites (tertiary alicyclic amines) is 1. The van der Waals surface area contributed by atoms with Crippen molar-refractivity contribution >= 4 is 23.1 Å². The first-order chi connectivity index (χ1) is 15.5. The van der Waals surface area contributed by atoms with Crippen molar-refractivity contribution in [2.75, 3.05) is 13.1 Å². The van der Waals surface area contributed by atoms with Gasteiger partial charge in [0.05, 0.1) is 0 Å². The molecular formula is C30H34N2. The Morgan fingerprint density at radius 1 is 0.938 bits per heavy atom. The van der Waals surface area contributed by atoms with E-state index in [9.17, 15) is 0 Å². The van der Waals surface area contributed by atoms with Crippen LogP contribution in [-0.4, -0.2) is 23.0 Å². The summed E-state index contributed by atoms with van der Waals surface area (Å²) >= 11 is 0. The maximum absolute atomic E-state index is 4.21. The fraction of sp³-hybridized carbons (Fsp3) is 0.267. The van der Waals surface area contributed by atoms with E-state index in [0.29, 0.717) is 0 Å². The first kappa shape index (κ1) is 22.1. The highest BCUT2D eigenvalue weighted by Gasteiger charge is 2.15. The molecule has 1 fully saturated rings. The maximum Gasteiger partial charge on any atom is 0.0459 e. The van der Waals surface area contributed by atoms with Crippen LogP contribution >= 0.6 is 0 Å². The van der Waals surface area contributed by atoms with E-state index in [2.05, 4.69) is 103 Å². The molecule has 0 saturated carbocycles. The van der Waals surface area contributed by atoms with E-state index in [1.807, 2.05) is 6.20 Å². The van der Waals surface area contributed by atoms with Gasteiger partial charge >= 0.3 is 0 Å². The third-order valence-electron chi connectivity index (χ3n) is 6.32. The van der Waals surface area contributed by atoms with Gasteiger partial charge in [-0.2, -0.15) is 0 Å². The minimum atomic E-state index is 0.767. The molecule has 1 aliphatic rings. The summed E-state index contributed by atoms with van der Waals surface area (Å²) in [6.45, 7) is 14.3. The highest BCUT2D eigenvalue weighted by Crippen LogP contribution is 2.20. The second kappa shape index (κ2) is 10.5. The van der Waals surface area contributed by atoms with Gasteiger partial charge in [-0.25, -0.2) is 0 Å². The molecule has 2 aromatic carbocycles. The zero-order valence-electron chi connectivity index (χ0n) is 19.2. The third-order valence-corrected chi connectivity index (χ3v) is 6.32.